The van der Waals surface area contributed by atoms with E-state index < -0.39 is 11.8 Å². The Morgan fingerprint density at radius 2 is 2.36 bits per heavy atom. The number of hydrogen-bond acceptors (Lipinski definition) is 2. The molecule has 0 spiro atoms. The van der Waals surface area contributed by atoms with Crippen LogP contribution in [0.2, 0.25) is 0 Å². The number of imidazole rings is 1. The third-order valence-electron chi connectivity index (χ3n) is 1.91. The molecule has 2 rings (SSSR count). The number of aliphatic carboxylic acids is 1. The van der Waals surface area contributed by atoms with Crippen LogP contribution >= 0.6 is 0 Å². The summed E-state index contributed by atoms with van der Waals surface area (Å²) >= 11 is 0. The first-order valence-corrected chi connectivity index (χ1v) is 4.00. The zero-order valence-corrected chi connectivity index (χ0v) is 7.12. The Labute approximate surface area is 78.4 Å². The van der Waals surface area contributed by atoms with Gasteiger partial charge < -0.3 is 10.1 Å². The van der Waals surface area contributed by atoms with Gasteiger partial charge in [-0.25, -0.2) is 9.37 Å². The van der Waals surface area contributed by atoms with Crippen LogP contribution < -0.4 is 0 Å². The van der Waals surface area contributed by atoms with Crippen molar-refractivity contribution in [3.8, 4) is 0 Å². The fourth-order valence-corrected chi connectivity index (χ4v) is 1.38. The number of benzene rings is 1. The molecule has 0 atom stereocenters. The number of nitrogens with one attached hydrogen (secondary N) is 1. The Kier molecular flexibility index (Phi) is 1.92. The normalized spacial score (nSPS) is 10.6. The summed E-state index contributed by atoms with van der Waals surface area (Å²) in [4.78, 5) is 17.1. The molecule has 1 heterocycles. The fraction of sp³-hybridized carbons (Fsp3) is 0.111. The van der Waals surface area contributed by atoms with E-state index in [9.17, 15) is 9.18 Å². The Hall–Kier alpha value is -1.91. The molecule has 0 aliphatic heterocycles. The highest BCUT2D eigenvalue weighted by molar-refractivity contribution is 5.83. The molecular weight excluding hydrogens is 187 g/mol. The molecule has 5 heteroatoms. The second-order valence-corrected chi connectivity index (χ2v) is 2.93. The molecule has 14 heavy (non-hydrogen) atoms. The zero-order valence-electron chi connectivity index (χ0n) is 7.12. The fourth-order valence-electron chi connectivity index (χ4n) is 1.38. The van der Waals surface area contributed by atoms with Crippen molar-refractivity contribution in [3.63, 3.8) is 0 Å². The predicted molar refractivity (Wildman–Crippen MR) is 47.4 cm³/mol. The van der Waals surface area contributed by atoms with Crippen LogP contribution in [0, 0.1) is 5.82 Å². The van der Waals surface area contributed by atoms with Crippen molar-refractivity contribution in [2.75, 3.05) is 0 Å². The average Bonchev–Trinajstić information content (AvgIpc) is 2.50. The molecular formula is C9H7FN2O2. The summed E-state index contributed by atoms with van der Waals surface area (Å²) in [6.45, 7) is 0. The van der Waals surface area contributed by atoms with Crippen molar-refractivity contribution < 1.29 is 14.3 Å². The van der Waals surface area contributed by atoms with Crippen molar-refractivity contribution in [2.24, 2.45) is 0 Å². The smallest absolute Gasteiger partial charge is 0.307 e. The van der Waals surface area contributed by atoms with Gasteiger partial charge in [-0.3, -0.25) is 4.79 Å². The minimum atomic E-state index is -1.00. The van der Waals surface area contributed by atoms with Crippen LogP contribution in [-0.4, -0.2) is 21.0 Å². The van der Waals surface area contributed by atoms with Crippen molar-refractivity contribution >= 4 is 17.0 Å². The van der Waals surface area contributed by atoms with E-state index in [2.05, 4.69) is 9.97 Å². The van der Waals surface area contributed by atoms with Gasteiger partial charge in [0.15, 0.2) is 0 Å². The van der Waals surface area contributed by atoms with E-state index in [1.54, 1.807) is 0 Å². The van der Waals surface area contributed by atoms with Gasteiger partial charge in [-0.2, -0.15) is 0 Å². The predicted octanol–water partition coefficient (Wildman–Crippen LogP) is 1.33. The number of H-pyrrole nitrogens is 1. The van der Waals surface area contributed by atoms with Gasteiger partial charge in [-0.1, -0.05) is 0 Å². The molecule has 0 saturated heterocycles. The molecule has 1 aromatic heterocycles. The highest BCUT2D eigenvalue weighted by Gasteiger charge is 2.09. The number of carbonyl (C=O) groups is 1. The molecule has 72 valence electrons. The highest BCUT2D eigenvalue weighted by atomic mass is 19.1. The standard InChI is InChI=1S/C9H7FN2O2/c10-6-1-5(2-8(13)14)9-7(3-6)11-4-12-9/h1,3-4H,2H2,(H,11,12)(H,13,14). The van der Waals surface area contributed by atoms with E-state index in [-0.39, 0.29) is 6.42 Å². The average molecular weight is 194 g/mol. The van der Waals surface area contributed by atoms with Crippen LogP contribution in [0.15, 0.2) is 18.5 Å². The first-order chi connectivity index (χ1) is 6.66. The van der Waals surface area contributed by atoms with E-state index >= 15 is 0 Å². The summed E-state index contributed by atoms with van der Waals surface area (Å²) < 4.78 is 13.0. The molecule has 0 saturated carbocycles. The van der Waals surface area contributed by atoms with Gasteiger partial charge in [-0.05, 0) is 17.7 Å². The van der Waals surface area contributed by atoms with Crippen LogP contribution in [0.5, 0.6) is 0 Å². The molecule has 2 aromatic rings. The molecule has 2 N–H and O–H groups in total. The molecule has 1 aromatic carbocycles. The first kappa shape index (κ1) is 8.68. The number of carboxylic acid groups (broad SMARTS) is 1. The first-order valence-electron chi connectivity index (χ1n) is 4.00. The van der Waals surface area contributed by atoms with Crippen molar-refractivity contribution in [1.29, 1.82) is 0 Å². The molecule has 0 fully saturated rings. The highest BCUT2D eigenvalue weighted by Crippen LogP contribution is 2.17. The van der Waals surface area contributed by atoms with Gasteiger partial charge in [0, 0.05) is 0 Å². The minimum Gasteiger partial charge on any atom is -0.481 e. The van der Waals surface area contributed by atoms with E-state index in [4.69, 9.17) is 5.11 Å². The number of carboxylic acids is 1. The quantitative estimate of drug-likeness (QED) is 0.757. The van der Waals surface area contributed by atoms with Gasteiger partial charge in [-0.15, -0.1) is 0 Å². The third kappa shape index (κ3) is 1.44. The third-order valence-corrected chi connectivity index (χ3v) is 1.91. The lowest BCUT2D eigenvalue weighted by molar-refractivity contribution is -0.136. The lowest BCUT2D eigenvalue weighted by atomic mass is 10.1. The maximum atomic E-state index is 13.0. The molecule has 0 unspecified atom stereocenters. The molecule has 0 aliphatic rings. The summed E-state index contributed by atoms with van der Waals surface area (Å²) in [6, 6.07) is 2.48. The van der Waals surface area contributed by atoms with Crippen LogP contribution in [0.4, 0.5) is 4.39 Å². The SMILES string of the molecule is O=C(O)Cc1cc(F)cc2[nH]cnc12. The summed E-state index contributed by atoms with van der Waals surface area (Å²) in [6.07, 6.45) is 1.19. The lowest BCUT2D eigenvalue weighted by Crippen LogP contribution is -2.01. The Balaban J connectivity index is 2.60. The number of hydrogen-bond donors (Lipinski definition) is 2. The number of fused-ring (bicyclic) bond motifs is 1. The van der Waals surface area contributed by atoms with Crippen LogP contribution in [0.25, 0.3) is 11.0 Å². The molecule has 0 radical (unpaired) electrons. The monoisotopic (exact) mass is 194 g/mol. The zero-order chi connectivity index (χ0) is 10.1. The van der Waals surface area contributed by atoms with Crippen LogP contribution in [0.3, 0.4) is 0 Å². The molecule has 0 amide bonds. The molecule has 4 nitrogen and oxygen atoms in total. The Morgan fingerprint density at radius 3 is 3.07 bits per heavy atom. The largest absolute Gasteiger partial charge is 0.481 e. The summed E-state index contributed by atoms with van der Waals surface area (Å²) in [5, 5.41) is 8.59. The number of halogens is 1. The summed E-state index contributed by atoms with van der Waals surface area (Å²) in [5.41, 5.74) is 1.41. The van der Waals surface area contributed by atoms with Crippen LogP contribution in [-0.2, 0) is 11.2 Å². The van der Waals surface area contributed by atoms with E-state index in [1.807, 2.05) is 0 Å². The van der Waals surface area contributed by atoms with Gasteiger partial charge in [0.2, 0.25) is 0 Å². The van der Waals surface area contributed by atoms with Crippen molar-refractivity contribution in [3.05, 3.63) is 29.8 Å². The maximum Gasteiger partial charge on any atom is 0.307 e. The summed E-state index contributed by atoms with van der Waals surface area (Å²) in [7, 11) is 0. The van der Waals surface area contributed by atoms with Gasteiger partial charge in [0.05, 0.1) is 23.8 Å². The van der Waals surface area contributed by atoms with E-state index in [0.29, 0.717) is 16.6 Å². The van der Waals surface area contributed by atoms with Gasteiger partial charge in [0.25, 0.3) is 0 Å². The van der Waals surface area contributed by atoms with E-state index in [0.717, 1.165) is 0 Å². The molecule has 0 aliphatic carbocycles. The number of aromatic amines is 1. The van der Waals surface area contributed by atoms with Crippen LogP contribution in [0.1, 0.15) is 5.56 Å². The second-order valence-electron chi connectivity index (χ2n) is 2.93. The summed E-state index contributed by atoms with van der Waals surface area (Å²) in [5.74, 6) is -1.46. The topological polar surface area (TPSA) is 66.0 Å². The van der Waals surface area contributed by atoms with Crippen molar-refractivity contribution in [1.82, 2.24) is 9.97 Å². The minimum absolute atomic E-state index is 0.223. The molecule has 0 bridgehead atoms. The number of rotatable bonds is 2. The second kappa shape index (κ2) is 3.10. The number of aromatic nitrogens is 2. The van der Waals surface area contributed by atoms with Gasteiger partial charge in [0.1, 0.15) is 5.82 Å². The Bertz CT molecular complexity index is 493. The van der Waals surface area contributed by atoms with E-state index in [1.165, 1.54) is 18.5 Å². The van der Waals surface area contributed by atoms with Gasteiger partial charge >= 0.3 is 5.97 Å². The maximum absolute atomic E-state index is 13.0. The number of nitrogens with zero attached hydrogens (tertiary/aromatic N) is 1. The Morgan fingerprint density at radius 1 is 1.57 bits per heavy atom. The lowest BCUT2D eigenvalue weighted by Gasteiger charge is -1.98. The van der Waals surface area contributed by atoms with Crippen molar-refractivity contribution in [2.45, 2.75) is 6.42 Å².